The molecule has 0 aliphatic heterocycles. The van der Waals surface area contributed by atoms with E-state index in [1.165, 1.54) is 4.90 Å². The van der Waals surface area contributed by atoms with Crippen LogP contribution in [0, 0.1) is 13.8 Å². The lowest BCUT2D eigenvalue weighted by molar-refractivity contribution is -0.140. The molecule has 1 atom stereocenters. The van der Waals surface area contributed by atoms with Crippen molar-refractivity contribution in [3.63, 3.8) is 0 Å². The number of rotatable bonds is 11. The zero-order valence-electron chi connectivity index (χ0n) is 22.7. The number of aryl methyl sites for hydroxylation is 2. The third-order valence-corrected chi connectivity index (χ3v) is 7.37. The van der Waals surface area contributed by atoms with E-state index in [1.807, 2.05) is 81.4 Å². The van der Waals surface area contributed by atoms with Crippen LogP contribution in [-0.4, -0.2) is 50.0 Å². The minimum atomic E-state index is -3.79. The summed E-state index contributed by atoms with van der Waals surface area (Å²) < 4.78 is 26.8. The third kappa shape index (κ3) is 7.92. The predicted octanol–water partition coefficient (Wildman–Crippen LogP) is 4.23. The lowest BCUT2D eigenvalue weighted by atomic mass is 10.0. The number of sulfonamides is 1. The summed E-state index contributed by atoms with van der Waals surface area (Å²) >= 11 is 0. The lowest BCUT2D eigenvalue weighted by Crippen LogP contribution is -2.54. The molecule has 0 aliphatic rings. The van der Waals surface area contributed by atoms with E-state index in [9.17, 15) is 18.0 Å². The fourth-order valence-electron chi connectivity index (χ4n) is 4.26. The van der Waals surface area contributed by atoms with E-state index < -0.39 is 28.5 Å². The van der Waals surface area contributed by atoms with E-state index in [-0.39, 0.29) is 18.5 Å². The molecule has 7 nitrogen and oxygen atoms in total. The Balaban J connectivity index is 2.06. The van der Waals surface area contributed by atoms with Crippen LogP contribution in [0.5, 0.6) is 0 Å². The Hall–Kier alpha value is -3.65. The molecule has 0 heterocycles. The van der Waals surface area contributed by atoms with Gasteiger partial charge in [-0.15, -0.1) is 0 Å². The Kier molecular flexibility index (Phi) is 9.69. The largest absolute Gasteiger partial charge is 0.352 e. The molecule has 1 N–H and O–H groups in total. The molecule has 38 heavy (non-hydrogen) atoms. The molecule has 3 rings (SSSR count). The molecule has 3 aromatic rings. The summed E-state index contributed by atoms with van der Waals surface area (Å²) in [7, 11) is -3.79. The SMILES string of the molecule is Cc1ccc(CN(C(=O)CN(c2ccccc2C)S(C)(=O)=O)[C@H](Cc2ccccc2)C(=O)NC(C)C)cc1. The minimum absolute atomic E-state index is 0.128. The number of para-hydroxylation sites is 1. The van der Waals surface area contributed by atoms with Crippen molar-refractivity contribution in [2.75, 3.05) is 17.1 Å². The van der Waals surface area contributed by atoms with Crippen LogP contribution in [-0.2, 0) is 32.6 Å². The topological polar surface area (TPSA) is 86.8 Å². The first-order valence-corrected chi connectivity index (χ1v) is 14.5. The molecule has 0 bridgehead atoms. The van der Waals surface area contributed by atoms with Crippen LogP contribution in [0.2, 0.25) is 0 Å². The molecule has 0 spiro atoms. The second kappa shape index (κ2) is 12.7. The maximum atomic E-state index is 14.0. The van der Waals surface area contributed by atoms with Gasteiger partial charge in [-0.05, 0) is 50.5 Å². The van der Waals surface area contributed by atoms with Crippen molar-refractivity contribution in [3.05, 3.63) is 101 Å². The maximum absolute atomic E-state index is 14.0. The van der Waals surface area contributed by atoms with Crippen LogP contribution in [0.15, 0.2) is 78.9 Å². The highest BCUT2D eigenvalue weighted by Crippen LogP contribution is 2.23. The summed E-state index contributed by atoms with van der Waals surface area (Å²) in [5.41, 5.74) is 3.99. The average molecular weight is 536 g/mol. The van der Waals surface area contributed by atoms with Crippen molar-refractivity contribution in [3.8, 4) is 0 Å². The van der Waals surface area contributed by atoms with E-state index >= 15 is 0 Å². The molecule has 3 aromatic carbocycles. The van der Waals surface area contributed by atoms with Crippen molar-refractivity contribution in [2.45, 2.75) is 52.7 Å². The second-order valence-corrected chi connectivity index (χ2v) is 11.8. The van der Waals surface area contributed by atoms with Crippen LogP contribution >= 0.6 is 0 Å². The highest BCUT2D eigenvalue weighted by molar-refractivity contribution is 7.92. The normalized spacial score (nSPS) is 12.2. The van der Waals surface area contributed by atoms with Crippen LogP contribution < -0.4 is 9.62 Å². The number of amides is 2. The molecule has 0 fully saturated rings. The van der Waals surface area contributed by atoms with Gasteiger partial charge in [0.1, 0.15) is 12.6 Å². The first kappa shape index (κ1) is 28.9. The van der Waals surface area contributed by atoms with E-state index in [4.69, 9.17) is 0 Å². The molecule has 2 amide bonds. The van der Waals surface area contributed by atoms with Crippen molar-refractivity contribution < 1.29 is 18.0 Å². The second-order valence-electron chi connectivity index (χ2n) is 9.93. The van der Waals surface area contributed by atoms with E-state index in [2.05, 4.69) is 5.32 Å². The smallest absolute Gasteiger partial charge is 0.244 e. The monoisotopic (exact) mass is 535 g/mol. The fraction of sp³-hybridized carbons (Fsp3) is 0.333. The number of hydrogen-bond donors (Lipinski definition) is 1. The van der Waals surface area contributed by atoms with Gasteiger partial charge in [0.2, 0.25) is 21.8 Å². The van der Waals surface area contributed by atoms with Gasteiger partial charge in [0.25, 0.3) is 0 Å². The number of carbonyl (C=O) groups excluding carboxylic acids is 2. The molecule has 202 valence electrons. The number of hydrogen-bond acceptors (Lipinski definition) is 4. The minimum Gasteiger partial charge on any atom is -0.352 e. The third-order valence-electron chi connectivity index (χ3n) is 6.24. The number of nitrogens with one attached hydrogen (secondary N) is 1. The van der Waals surface area contributed by atoms with Crippen LogP contribution in [0.1, 0.15) is 36.1 Å². The Morgan fingerprint density at radius 3 is 2.03 bits per heavy atom. The number of carbonyl (C=O) groups is 2. The summed E-state index contributed by atoms with van der Waals surface area (Å²) in [6.45, 7) is 7.26. The zero-order valence-corrected chi connectivity index (χ0v) is 23.5. The first-order valence-electron chi connectivity index (χ1n) is 12.7. The highest BCUT2D eigenvalue weighted by Gasteiger charge is 2.33. The Bertz CT molecular complexity index is 1340. The zero-order chi connectivity index (χ0) is 27.9. The maximum Gasteiger partial charge on any atom is 0.244 e. The molecule has 0 radical (unpaired) electrons. The molecule has 0 aromatic heterocycles. The number of anilines is 1. The summed E-state index contributed by atoms with van der Waals surface area (Å²) in [5.74, 6) is -0.745. The van der Waals surface area contributed by atoms with Crippen LogP contribution in [0.3, 0.4) is 0 Å². The van der Waals surface area contributed by atoms with Gasteiger partial charge in [-0.1, -0.05) is 78.4 Å². The summed E-state index contributed by atoms with van der Waals surface area (Å²) in [6, 6.07) is 23.3. The highest BCUT2D eigenvalue weighted by atomic mass is 32.2. The number of benzene rings is 3. The van der Waals surface area contributed by atoms with E-state index in [1.54, 1.807) is 25.1 Å². The van der Waals surface area contributed by atoms with Crippen molar-refractivity contribution in [1.29, 1.82) is 0 Å². The standard InChI is InChI=1S/C30H37N3O4S/c1-22(2)31-30(35)28(19-25-12-7-6-8-13-25)32(20-26-17-15-23(3)16-18-26)29(34)21-33(38(5,36)37)27-14-10-9-11-24(27)4/h6-18,22,28H,19-21H2,1-5H3,(H,31,35)/t28-/m1/s1. The van der Waals surface area contributed by atoms with E-state index in [0.717, 1.165) is 32.8 Å². The Morgan fingerprint density at radius 1 is 0.842 bits per heavy atom. The van der Waals surface area contributed by atoms with Gasteiger partial charge in [0.05, 0.1) is 11.9 Å². The van der Waals surface area contributed by atoms with E-state index in [0.29, 0.717) is 12.1 Å². The Morgan fingerprint density at radius 2 is 1.45 bits per heavy atom. The molecule has 0 unspecified atom stereocenters. The predicted molar refractivity (Wildman–Crippen MR) is 152 cm³/mol. The molecule has 8 heteroatoms. The van der Waals surface area contributed by atoms with Crippen LogP contribution in [0.4, 0.5) is 5.69 Å². The van der Waals surface area contributed by atoms with Gasteiger partial charge in [0.15, 0.2) is 0 Å². The molecule has 0 saturated heterocycles. The molecular weight excluding hydrogens is 498 g/mol. The molecule has 0 saturated carbocycles. The summed E-state index contributed by atoms with van der Waals surface area (Å²) in [6.07, 6.45) is 1.38. The summed E-state index contributed by atoms with van der Waals surface area (Å²) in [4.78, 5) is 29.0. The van der Waals surface area contributed by atoms with Gasteiger partial charge in [-0.3, -0.25) is 13.9 Å². The van der Waals surface area contributed by atoms with Gasteiger partial charge in [-0.2, -0.15) is 0 Å². The fourth-order valence-corrected chi connectivity index (χ4v) is 5.17. The van der Waals surface area contributed by atoms with Crippen molar-refractivity contribution in [2.24, 2.45) is 0 Å². The van der Waals surface area contributed by atoms with Crippen LogP contribution in [0.25, 0.3) is 0 Å². The number of nitrogens with zero attached hydrogens (tertiary/aromatic N) is 2. The van der Waals surface area contributed by atoms with Crippen molar-refractivity contribution in [1.82, 2.24) is 10.2 Å². The molecule has 0 aliphatic carbocycles. The van der Waals surface area contributed by atoms with Gasteiger partial charge < -0.3 is 10.2 Å². The van der Waals surface area contributed by atoms with Crippen molar-refractivity contribution >= 4 is 27.5 Å². The quantitative estimate of drug-likeness (QED) is 0.398. The Labute approximate surface area is 226 Å². The van der Waals surface area contributed by atoms with Gasteiger partial charge >= 0.3 is 0 Å². The summed E-state index contributed by atoms with van der Waals surface area (Å²) in [5, 5.41) is 2.95. The molecular formula is C30H37N3O4S. The lowest BCUT2D eigenvalue weighted by Gasteiger charge is -2.34. The first-order chi connectivity index (χ1) is 18.0. The average Bonchev–Trinajstić information content (AvgIpc) is 2.85. The van der Waals surface area contributed by atoms with Gasteiger partial charge in [-0.25, -0.2) is 8.42 Å². The van der Waals surface area contributed by atoms with Gasteiger partial charge in [0, 0.05) is 19.0 Å².